The molecule has 19 heavy (non-hydrogen) atoms. The summed E-state index contributed by atoms with van der Waals surface area (Å²) in [5.41, 5.74) is 7.77. The highest BCUT2D eigenvalue weighted by molar-refractivity contribution is 7.89. The largest absolute Gasteiger partial charge is 0.465 e. The highest BCUT2D eigenvalue weighted by Gasteiger charge is 2.25. The van der Waals surface area contributed by atoms with Gasteiger partial charge >= 0.3 is 0 Å². The number of aryl methyl sites for hydroxylation is 2. The van der Waals surface area contributed by atoms with Crippen LogP contribution in [0.5, 0.6) is 0 Å². The minimum absolute atomic E-state index is 0.125. The lowest BCUT2D eigenvalue weighted by molar-refractivity contribution is 0.494. The van der Waals surface area contributed by atoms with E-state index in [-0.39, 0.29) is 18.0 Å². The van der Waals surface area contributed by atoms with Gasteiger partial charge in [0.1, 0.15) is 16.4 Å². The van der Waals surface area contributed by atoms with Crippen LogP contribution in [0.2, 0.25) is 0 Å². The van der Waals surface area contributed by atoms with E-state index in [1.54, 1.807) is 25.6 Å². The molecule has 0 aliphatic rings. The Labute approximate surface area is 115 Å². The summed E-state index contributed by atoms with van der Waals surface area (Å²) in [6.07, 6.45) is 1.63. The highest BCUT2D eigenvalue weighted by Crippen LogP contribution is 2.26. The molecular weight excluding hydrogens is 286 g/mol. The number of aromatic nitrogens is 1. The monoisotopic (exact) mass is 301 g/mol. The molecule has 0 saturated heterocycles. The van der Waals surface area contributed by atoms with Crippen LogP contribution in [0, 0.1) is 13.8 Å². The fourth-order valence-corrected chi connectivity index (χ4v) is 3.95. The number of furan rings is 1. The summed E-state index contributed by atoms with van der Waals surface area (Å²) in [5, 5.41) is 0. The molecule has 2 heterocycles. The summed E-state index contributed by atoms with van der Waals surface area (Å²) >= 11 is 1.39. The highest BCUT2D eigenvalue weighted by atomic mass is 32.2. The summed E-state index contributed by atoms with van der Waals surface area (Å²) in [6.45, 7) is 3.66. The van der Waals surface area contributed by atoms with Gasteiger partial charge in [0.15, 0.2) is 0 Å². The number of sulfonamides is 1. The first-order chi connectivity index (χ1) is 8.95. The smallest absolute Gasteiger partial charge is 0.244 e. The summed E-state index contributed by atoms with van der Waals surface area (Å²) in [6, 6.07) is 0. The molecule has 0 aliphatic heterocycles. The van der Waals surface area contributed by atoms with E-state index in [0.29, 0.717) is 17.1 Å². The number of nitrogens with zero attached hydrogens (tertiary/aromatic N) is 1. The van der Waals surface area contributed by atoms with Gasteiger partial charge < -0.3 is 10.2 Å². The summed E-state index contributed by atoms with van der Waals surface area (Å²) in [7, 11) is -3.63. The maximum absolute atomic E-state index is 12.3. The molecule has 0 unspecified atom stereocenters. The molecule has 3 N–H and O–H groups in total. The second kappa shape index (κ2) is 5.41. The Morgan fingerprint density at radius 1 is 1.42 bits per heavy atom. The van der Waals surface area contributed by atoms with E-state index in [1.807, 2.05) is 0 Å². The second-order valence-corrected chi connectivity index (χ2v) is 6.69. The zero-order valence-corrected chi connectivity index (χ0v) is 12.3. The van der Waals surface area contributed by atoms with Crippen LogP contribution in [0.25, 0.3) is 0 Å². The Balaban J connectivity index is 2.29. The molecule has 6 nitrogen and oxygen atoms in total. The zero-order valence-electron chi connectivity index (χ0n) is 10.6. The molecule has 0 bridgehead atoms. The Morgan fingerprint density at radius 3 is 2.74 bits per heavy atom. The second-order valence-electron chi connectivity index (χ2n) is 4.02. The fourth-order valence-electron chi connectivity index (χ4n) is 1.87. The van der Waals surface area contributed by atoms with Crippen LogP contribution in [0.4, 0.5) is 0 Å². The normalized spacial score (nSPS) is 11.9. The van der Waals surface area contributed by atoms with E-state index in [0.717, 1.165) is 4.88 Å². The molecule has 104 valence electrons. The van der Waals surface area contributed by atoms with E-state index >= 15 is 0 Å². The Morgan fingerprint density at radius 2 is 2.16 bits per heavy atom. The number of nitrogens with two attached hydrogens (primary N) is 1. The Hall–Kier alpha value is -1.22. The molecule has 0 aromatic carbocycles. The average molecular weight is 301 g/mol. The molecule has 0 aliphatic carbocycles. The summed E-state index contributed by atoms with van der Waals surface area (Å²) < 4.78 is 32.5. The first-order valence-electron chi connectivity index (χ1n) is 5.61. The molecule has 0 spiro atoms. The van der Waals surface area contributed by atoms with Crippen molar-refractivity contribution in [3.05, 3.63) is 33.7 Å². The minimum Gasteiger partial charge on any atom is -0.465 e. The third-order valence-corrected chi connectivity index (χ3v) is 5.09. The predicted octanol–water partition coefficient (Wildman–Crippen LogP) is 1.29. The van der Waals surface area contributed by atoms with Crippen LogP contribution >= 0.6 is 11.3 Å². The van der Waals surface area contributed by atoms with Gasteiger partial charge in [0, 0.05) is 29.7 Å². The number of nitrogens with one attached hydrogen (secondary N) is 1. The molecular formula is C11H15N3O3S2. The van der Waals surface area contributed by atoms with Crippen molar-refractivity contribution in [2.75, 3.05) is 0 Å². The quantitative estimate of drug-likeness (QED) is 0.867. The summed E-state index contributed by atoms with van der Waals surface area (Å²) in [5.74, 6) is 0.896. The van der Waals surface area contributed by atoms with Crippen molar-refractivity contribution in [3.8, 4) is 0 Å². The lowest BCUT2D eigenvalue weighted by Gasteiger charge is -2.06. The van der Waals surface area contributed by atoms with Crippen LogP contribution < -0.4 is 10.5 Å². The van der Waals surface area contributed by atoms with Crippen LogP contribution in [-0.2, 0) is 23.1 Å². The molecule has 2 aromatic rings. The van der Waals surface area contributed by atoms with Gasteiger partial charge in [-0.1, -0.05) is 0 Å². The SMILES string of the molecule is Cc1oc(C)c(S(=O)(=O)NCc2cncs2)c1CN. The van der Waals surface area contributed by atoms with E-state index < -0.39 is 10.0 Å². The van der Waals surface area contributed by atoms with Crippen LogP contribution in [-0.4, -0.2) is 13.4 Å². The van der Waals surface area contributed by atoms with Gasteiger partial charge in [0.05, 0.1) is 5.51 Å². The van der Waals surface area contributed by atoms with Gasteiger partial charge in [-0.15, -0.1) is 11.3 Å². The van der Waals surface area contributed by atoms with Crippen LogP contribution in [0.15, 0.2) is 21.0 Å². The van der Waals surface area contributed by atoms with Crippen LogP contribution in [0.3, 0.4) is 0 Å². The van der Waals surface area contributed by atoms with Gasteiger partial charge in [-0.25, -0.2) is 13.1 Å². The topological polar surface area (TPSA) is 98.2 Å². The Bertz CT molecular complexity index is 660. The maximum atomic E-state index is 12.3. The third-order valence-electron chi connectivity index (χ3n) is 2.72. The van der Waals surface area contributed by atoms with Crippen molar-refractivity contribution in [3.63, 3.8) is 0 Å². The lowest BCUT2D eigenvalue weighted by Crippen LogP contribution is -2.24. The lowest BCUT2D eigenvalue weighted by atomic mass is 10.2. The molecule has 2 rings (SSSR count). The number of rotatable bonds is 5. The van der Waals surface area contributed by atoms with Crippen molar-refractivity contribution in [2.24, 2.45) is 5.73 Å². The van der Waals surface area contributed by atoms with Gasteiger partial charge in [0.2, 0.25) is 10.0 Å². The maximum Gasteiger partial charge on any atom is 0.244 e. The van der Waals surface area contributed by atoms with Gasteiger partial charge in [0.25, 0.3) is 0 Å². The first kappa shape index (κ1) is 14.2. The van der Waals surface area contributed by atoms with E-state index in [1.165, 1.54) is 11.3 Å². The molecule has 8 heteroatoms. The average Bonchev–Trinajstić information content (AvgIpc) is 2.94. The summed E-state index contributed by atoms with van der Waals surface area (Å²) in [4.78, 5) is 4.89. The van der Waals surface area contributed by atoms with Crippen LogP contribution in [0.1, 0.15) is 22.0 Å². The van der Waals surface area contributed by atoms with Gasteiger partial charge in [-0.05, 0) is 13.8 Å². The van der Waals surface area contributed by atoms with Crippen molar-refractivity contribution in [1.29, 1.82) is 0 Å². The van der Waals surface area contributed by atoms with Crippen molar-refractivity contribution in [1.82, 2.24) is 9.71 Å². The predicted molar refractivity (Wildman–Crippen MR) is 72.2 cm³/mol. The first-order valence-corrected chi connectivity index (χ1v) is 7.98. The van der Waals surface area contributed by atoms with Gasteiger partial charge in [-0.2, -0.15) is 0 Å². The fraction of sp³-hybridized carbons (Fsp3) is 0.364. The van der Waals surface area contributed by atoms with Crippen molar-refractivity contribution in [2.45, 2.75) is 31.8 Å². The molecule has 0 saturated carbocycles. The standard InChI is InChI=1S/C11H15N3O3S2/c1-7-10(3-12)11(8(2)17-7)19(15,16)14-5-9-4-13-6-18-9/h4,6,14H,3,5,12H2,1-2H3. The van der Waals surface area contributed by atoms with E-state index in [9.17, 15) is 8.42 Å². The molecule has 0 radical (unpaired) electrons. The molecule has 0 amide bonds. The number of thiazole rings is 1. The zero-order chi connectivity index (χ0) is 14.0. The minimum atomic E-state index is -3.63. The van der Waals surface area contributed by atoms with Crippen molar-refractivity contribution < 1.29 is 12.8 Å². The molecule has 2 aromatic heterocycles. The Kier molecular flexibility index (Phi) is 4.04. The van der Waals surface area contributed by atoms with E-state index in [2.05, 4.69) is 9.71 Å². The molecule has 0 atom stereocenters. The molecule has 0 fully saturated rings. The van der Waals surface area contributed by atoms with Gasteiger partial charge in [-0.3, -0.25) is 4.98 Å². The number of hydrogen-bond acceptors (Lipinski definition) is 6. The van der Waals surface area contributed by atoms with Crippen molar-refractivity contribution >= 4 is 21.4 Å². The number of hydrogen-bond donors (Lipinski definition) is 2. The van der Waals surface area contributed by atoms with E-state index in [4.69, 9.17) is 10.2 Å². The third kappa shape index (κ3) is 2.86.